The van der Waals surface area contributed by atoms with Gasteiger partial charge in [-0.25, -0.2) is 0 Å². The predicted molar refractivity (Wildman–Crippen MR) is 109 cm³/mol. The van der Waals surface area contributed by atoms with Crippen molar-refractivity contribution >= 4 is 27.8 Å². The molecule has 0 aliphatic carbocycles. The minimum Gasteiger partial charge on any atom is -0.399 e. The lowest BCUT2D eigenvalue weighted by Gasteiger charge is -2.03. The first kappa shape index (κ1) is 16.4. The Morgan fingerprint density at radius 2 is 0.840 bits per heavy atom. The van der Waals surface area contributed by atoms with Gasteiger partial charge in [0.05, 0.1) is 0 Å². The smallest absolute Gasteiger partial charge is 0.0395 e. The highest BCUT2D eigenvalue weighted by Gasteiger charge is 1.98. The Hall–Kier alpha value is -3.46. The molecule has 0 amide bonds. The van der Waals surface area contributed by atoms with Crippen LogP contribution in [-0.2, 0) is 0 Å². The molecular weight excluding hydrogens is 306 g/mol. The lowest BCUT2D eigenvalue weighted by atomic mass is 10.1. The van der Waals surface area contributed by atoms with Crippen molar-refractivity contribution < 1.29 is 0 Å². The van der Waals surface area contributed by atoms with Crippen LogP contribution in [0.2, 0.25) is 0 Å². The van der Waals surface area contributed by atoms with E-state index in [0.717, 1.165) is 27.8 Å². The van der Waals surface area contributed by atoms with Gasteiger partial charge >= 0.3 is 0 Å². The Morgan fingerprint density at radius 3 is 1.36 bits per heavy atom. The molecule has 6 N–H and O–H groups in total. The number of hydrogen-bond acceptors (Lipinski definition) is 3. The SMILES string of the molecule is Nc1ccc(-c2ccccc2)cc1.Nc1ccc(N)c2ccccc12. The van der Waals surface area contributed by atoms with Crippen LogP contribution in [0.3, 0.4) is 0 Å². The molecule has 0 aliphatic heterocycles. The summed E-state index contributed by atoms with van der Waals surface area (Å²) in [7, 11) is 0. The van der Waals surface area contributed by atoms with Crippen LogP contribution < -0.4 is 17.2 Å². The fourth-order valence-corrected chi connectivity index (χ4v) is 2.65. The van der Waals surface area contributed by atoms with Crippen LogP contribution in [0.1, 0.15) is 0 Å². The Balaban J connectivity index is 0.000000146. The Morgan fingerprint density at radius 1 is 0.400 bits per heavy atom. The molecule has 0 saturated carbocycles. The molecule has 0 bridgehead atoms. The first-order valence-corrected chi connectivity index (χ1v) is 8.09. The summed E-state index contributed by atoms with van der Waals surface area (Å²) in [4.78, 5) is 0. The Labute approximate surface area is 147 Å². The second-order valence-corrected chi connectivity index (χ2v) is 5.78. The van der Waals surface area contributed by atoms with E-state index in [9.17, 15) is 0 Å². The summed E-state index contributed by atoms with van der Waals surface area (Å²) in [6.45, 7) is 0. The first-order valence-electron chi connectivity index (χ1n) is 8.09. The van der Waals surface area contributed by atoms with Gasteiger partial charge in [-0.1, -0.05) is 66.7 Å². The third kappa shape index (κ3) is 3.90. The fourth-order valence-electron chi connectivity index (χ4n) is 2.65. The summed E-state index contributed by atoms with van der Waals surface area (Å²) in [6, 6.07) is 29.7. The highest BCUT2D eigenvalue weighted by molar-refractivity contribution is 6.00. The second kappa shape index (κ2) is 7.41. The van der Waals surface area contributed by atoms with Gasteiger partial charge in [0.15, 0.2) is 0 Å². The van der Waals surface area contributed by atoms with E-state index in [2.05, 4.69) is 12.1 Å². The van der Waals surface area contributed by atoms with Gasteiger partial charge in [0, 0.05) is 27.8 Å². The van der Waals surface area contributed by atoms with Crippen LogP contribution in [0.15, 0.2) is 91.0 Å². The van der Waals surface area contributed by atoms with Gasteiger partial charge in [-0.2, -0.15) is 0 Å². The number of nitrogens with two attached hydrogens (primary N) is 3. The molecule has 0 spiro atoms. The van der Waals surface area contributed by atoms with Crippen LogP contribution in [0, 0.1) is 0 Å². The molecule has 0 fully saturated rings. The molecule has 3 nitrogen and oxygen atoms in total. The number of anilines is 3. The van der Waals surface area contributed by atoms with E-state index in [1.807, 2.05) is 78.9 Å². The number of hydrogen-bond donors (Lipinski definition) is 3. The van der Waals surface area contributed by atoms with Crippen LogP contribution in [0.5, 0.6) is 0 Å². The molecular formula is C22H21N3. The maximum Gasteiger partial charge on any atom is 0.0395 e. The number of nitrogen functional groups attached to an aromatic ring is 3. The fraction of sp³-hybridized carbons (Fsp3) is 0. The monoisotopic (exact) mass is 327 g/mol. The zero-order valence-electron chi connectivity index (χ0n) is 13.9. The van der Waals surface area contributed by atoms with Gasteiger partial charge in [0.2, 0.25) is 0 Å². The van der Waals surface area contributed by atoms with Gasteiger partial charge in [-0.3, -0.25) is 0 Å². The molecule has 124 valence electrons. The number of fused-ring (bicyclic) bond motifs is 1. The lowest BCUT2D eigenvalue weighted by Crippen LogP contribution is -1.91. The van der Waals surface area contributed by atoms with Gasteiger partial charge in [-0.15, -0.1) is 0 Å². The van der Waals surface area contributed by atoms with Gasteiger partial charge < -0.3 is 17.2 Å². The Kier molecular flexibility index (Phi) is 4.86. The molecule has 4 rings (SSSR count). The van der Waals surface area contributed by atoms with E-state index >= 15 is 0 Å². The average molecular weight is 327 g/mol. The molecule has 0 aromatic heterocycles. The summed E-state index contributed by atoms with van der Waals surface area (Å²) in [5.74, 6) is 0. The number of rotatable bonds is 1. The van der Waals surface area contributed by atoms with E-state index < -0.39 is 0 Å². The van der Waals surface area contributed by atoms with Crippen LogP contribution >= 0.6 is 0 Å². The zero-order chi connectivity index (χ0) is 17.6. The minimum absolute atomic E-state index is 0.778. The van der Waals surface area contributed by atoms with E-state index in [4.69, 9.17) is 17.2 Å². The van der Waals surface area contributed by atoms with Crippen LogP contribution in [-0.4, -0.2) is 0 Å². The number of benzene rings is 4. The Bertz CT molecular complexity index is 921. The molecule has 0 radical (unpaired) electrons. The molecule has 0 aliphatic rings. The van der Waals surface area contributed by atoms with Crippen LogP contribution in [0.25, 0.3) is 21.9 Å². The first-order chi connectivity index (χ1) is 12.1. The largest absolute Gasteiger partial charge is 0.399 e. The summed E-state index contributed by atoms with van der Waals surface area (Å²) in [6.07, 6.45) is 0. The van der Waals surface area contributed by atoms with E-state index in [-0.39, 0.29) is 0 Å². The lowest BCUT2D eigenvalue weighted by molar-refractivity contribution is 1.61. The third-order valence-corrected chi connectivity index (χ3v) is 4.01. The van der Waals surface area contributed by atoms with E-state index in [0.29, 0.717) is 0 Å². The van der Waals surface area contributed by atoms with Crippen molar-refractivity contribution in [3.63, 3.8) is 0 Å². The second-order valence-electron chi connectivity index (χ2n) is 5.78. The molecule has 4 aromatic carbocycles. The highest BCUT2D eigenvalue weighted by atomic mass is 14.6. The van der Waals surface area contributed by atoms with Gasteiger partial charge in [0.25, 0.3) is 0 Å². The van der Waals surface area contributed by atoms with E-state index in [1.165, 1.54) is 11.1 Å². The quantitative estimate of drug-likeness (QED) is 0.433. The standard InChI is InChI=1S/C12H11N.C10H10N2/c13-12-8-6-11(7-9-12)10-4-2-1-3-5-10;11-9-5-6-10(12)8-4-2-1-3-7(8)9/h1-9H,13H2;1-6H,11-12H2. The minimum atomic E-state index is 0.778. The van der Waals surface area contributed by atoms with Crippen molar-refractivity contribution in [2.75, 3.05) is 17.2 Å². The topological polar surface area (TPSA) is 78.1 Å². The summed E-state index contributed by atoms with van der Waals surface area (Å²) < 4.78 is 0. The summed E-state index contributed by atoms with van der Waals surface area (Å²) in [5, 5.41) is 2.05. The summed E-state index contributed by atoms with van der Waals surface area (Å²) in [5.41, 5.74) is 21.9. The third-order valence-electron chi connectivity index (χ3n) is 4.01. The molecule has 0 atom stereocenters. The van der Waals surface area contributed by atoms with Crippen LogP contribution in [0.4, 0.5) is 17.1 Å². The van der Waals surface area contributed by atoms with Gasteiger partial charge in [-0.05, 0) is 35.4 Å². The predicted octanol–water partition coefficient (Wildman–Crippen LogP) is 4.94. The van der Waals surface area contributed by atoms with Crippen molar-refractivity contribution in [2.45, 2.75) is 0 Å². The average Bonchev–Trinajstić information content (AvgIpc) is 2.67. The van der Waals surface area contributed by atoms with Crippen molar-refractivity contribution in [1.29, 1.82) is 0 Å². The van der Waals surface area contributed by atoms with Crippen molar-refractivity contribution in [2.24, 2.45) is 0 Å². The molecule has 0 unspecified atom stereocenters. The maximum absolute atomic E-state index is 5.77. The molecule has 0 saturated heterocycles. The molecule has 4 aromatic rings. The zero-order valence-corrected chi connectivity index (χ0v) is 13.9. The van der Waals surface area contributed by atoms with E-state index in [1.54, 1.807) is 0 Å². The normalized spacial score (nSPS) is 10.1. The maximum atomic E-state index is 5.77. The highest BCUT2D eigenvalue weighted by Crippen LogP contribution is 2.25. The van der Waals surface area contributed by atoms with Crippen molar-refractivity contribution in [3.8, 4) is 11.1 Å². The molecule has 3 heteroatoms. The van der Waals surface area contributed by atoms with Crippen molar-refractivity contribution in [3.05, 3.63) is 91.0 Å². The van der Waals surface area contributed by atoms with Crippen molar-refractivity contribution in [1.82, 2.24) is 0 Å². The molecule has 25 heavy (non-hydrogen) atoms. The summed E-state index contributed by atoms with van der Waals surface area (Å²) >= 11 is 0. The van der Waals surface area contributed by atoms with Gasteiger partial charge in [0.1, 0.15) is 0 Å². The molecule has 0 heterocycles.